The van der Waals surface area contributed by atoms with Gasteiger partial charge >= 0.3 is 0 Å². The molecule has 0 radical (unpaired) electrons. The van der Waals surface area contributed by atoms with Crippen LogP contribution in [0.5, 0.6) is 0 Å². The molecule has 0 aliphatic heterocycles. The van der Waals surface area contributed by atoms with Crippen LogP contribution >= 0.6 is 0 Å². The Kier molecular flexibility index (Phi) is 5.08. The van der Waals surface area contributed by atoms with E-state index in [0.29, 0.717) is 0 Å². The number of hydrogen-bond acceptors (Lipinski definition) is 3. The van der Waals surface area contributed by atoms with E-state index in [1.807, 2.05) is 30.3 Å². The van der Waals surface area contributed by atoms with Crippen molar-refractivity contribution in [3.63, 3.8) is 0 Å². The summed E-state index contributed by atoms with van der Waals surface area (Å²) < 4.78 is 13.1. The zero-order valence-corrected chi connectivity index (χ0v) is 16.9. The fourth-order valence-electron chi connectivity index (χ4n) is 4.21. The summed E-state index contributed by atoms with van der Waals surface area (Å²) in [4.78, 5) is 17.3. The van der Waals surface area contributed by atoms with Gasteiger partial charge in [-0.05, 0) is 65.9 Å². The van der Waals surface area contributed by atoms with Crippen LogP contribution in [0, 0.1) is 5.82 Å². The van der Waals surface area contributed by atoms with Crippen LogP contribution in [-0.2, 0) is 17.6 Å². The van der Waals surface area contributed by atoms with E-state index in [1.54, 1.807) is 12.1 Å². The lowest BCUT2D eigenvalue weighted by atomic mass is 10.1. The van der Waals surface area contributed by atoms with Crippen LogP contribution < -0.4 is 10.6 Å². The first-order chi connectivity index (χ1) is 15.2. The van der Waals surface area contributed by atoms with E-state index < -0.39 is 0 Å². The molecule has 3 aromatic carbocycles. The van der Waals surface area contributed by atoms with Crippen LogP contribution in [0.25, 0.3) is 10.9 Å². The van der Waals surface area contributed by atoms with Crippen LogP contribution in [-0.4, -0.2) is 10.9 Å². The molecular formula is C26H22FN3O. The van der Waals surface area contributed by atoms with Crippen LogP contribution in [0.3, 0.4) is 0 Å². The normalized spacial score (nSPS) is 14.9. The third-order valence-electron chi connectivity index (χ3n) is 5.74. The van der Waals surface area contributed by atoms with Gasteiger partial charge in [-0.2, -0.15) is 0 Å². The lowest BCUT2D eigenvalue weighted by molar-refractivity contribution is -0.115. The summed E-state index contributed by atoms with van der Waals surface area (Å²) in [7, 11) is 0. The number of rotatable bonds is 5. The summed E-state index contributed by atoms with van der Waals surface area (Å²) >= 11 is 0. The quantitative estimate of drug-likeness (QED) is 0.446. The van der Waals surface area contributed by atoms with Gasteiger partial charge in [0.25, 0.3) is 0 Å². The fraction of sp³-hybridized carbons (Fsp3) is 0.154. The second-order valence-electron chi connectivity index (χ2n) is 7.85. The number of aryl methyl sites for hydroxylation is 1. The summed E-state index contributed by atoms with van der Waals surface area (Å²) in [5, 5.41) is 7.40. The Morgan fingerprint density at radius 1 is 0.968 bits per heavy atom. The van der Waals surface area contributed by atoms with Gasteiger partial charge in [-0.25, -0.2) is 9.37 Å². The van der Waals surface area contributed by atoms with E-state index >= 15 is 0 Å². The standard InChI is InChI=1S/C26H22FN3O/c27-19-11-8-17(9-12-19)16-26(31)30-23-7-3-6-22-21(23)13-15-25(28-22)29-24-14-10-18-4-1-2-5-20(18)24/h1-9,11-13,15,24H,10,14,16H2,(H,28,29)(H,30,31). The molecule has 154 valence electrons. The molecule has 1 aliphatic carbocycles. The minimum atomic E-state index is -0.310. The number of carbonyl (C=O) groups is 1. The Balaban J connectivity index is 1.33. The van der Waals surface area contributed by atoms with E-state index in [9.17, 15) is 9.18 Å². The molecule has 1 aromatic heterocycles. The first kappa shape index (κ1) is 19.2. The molecular weight excluding hydrogens is 389 g/mol. The molecule has 0 saturated heterocycles. The molecule has 0 bridgehead atoms. The summed E-state index contributed by atoms with van der Waals surface area (Å²) in [6.45, 7) is 0. The summed E-state index contributed by atoms with van der Waals surface area (Å²) in [6, 6.07) is 24.4. The lowest BCUT2D eigenvalue weighted by Crippen LogP contribution is -2.14. The molecule has 1 atom stereocenters. The van der Waals surface area contributed by atoms with E-state index in [0.717, 1.165) is 40.8 Å². The van der Waals surface area contributed by atoms with E-state index in [4.69, 9.17) is 4.98 Å². The number of carbonyl (C=O) groups excluding carboxylic acids is 1. The first-order valence-electron chi connectivity index (χ1n) is 10.4. The van der Waals surface area contributed by atoms with Gasteiger partial charge in [0.15, 0.2) is 0 Å². The highest BCUT2D eigenvalue weighted by Gasteiger charge is 2.22. The lowest BCUT2D eigenvalue weighted by Gasteiger charge is -2.16. The van der Waals surface area contributed by atoms with Crippen molar-refractivity contribution in [1.29, 1.82) is 0 Å². The van der Waals surface area contributed by atoms with Crippen molar-refractivity contribution in [2.24, 2.45) is 0 Å². The van der Waals surface area contributed by atoms with Crippen molar-refractivity contribution in [3.8, 4) is 0 Å². The van der Waals surface area contributed by atoms with Crippen LogP contribution in [0.4, 0.5) is 15.9 Å². The van der Waals surface area contributed by atoms with Crippen LogP contribution in [0.1, 0.15) is 29.2 Å². The highest BCUT2D eigenvalue weighted by atomic mass is 19.1. The van der Waals surface area contributed by atoms with E-state index in [2.05, 4.69) is 34.9 Å². The highest BCUT2D eigenvalue weighted by Crippen LogP contribution is 2.34. The highest BCUT2D eigenvalue weighted by molar-refractivity contribution is 6.01. The number of fused-ring (bicyclic) bond motifs is 2. The monoisotopic (exact) mass is 411 g/mol. The number of aromatic nitrogens is 1. The van der Waals surface area contributed by atoms with Crippen LogP contribution in [0.2, 0.25) is 0 Å². The maximum Gasteiger partial charge on any atom is 0.228 e. The average molecular weight is 411 g/mol. The molecule has 4 aromatic rings. The Morgan fingerprint density at radius 3 is 2.68 bits per heavy atom. The number of nitrogens with one attached hydrogen (secondary N) is 2. The predicted octanol–water partition coefficient (Wildman–Crippen LogP) is 5.65. The van der Waals surface area contributed by atoms with Gasteiger partial charge in [0.05, 0.1) is 23.7 Å². The molecule has 0 saturated carbocycles. The Labute approximate surface area is 180 Å². The molecule has 1 aliphatic rings. The number of hydrogen-bond donors (Lipinski definition) is 2. The Bertz CT molecular complexity index is 1250. The summed E-state index contributed by atoms with van der Waals surface area (Å²) in [5.41, 5.74) is 5.03. The first-order valence-corrected chi connectivity index (χ1v) is 10.4. The maximum absolute atomic E-state index is 13.1. The second-order valence-corrected chi connectivity index (χ2v) is 7.85. The number of benzene rings is 3. The Morgan fingerprint density at radius 2 is 1.81 bits per heavy atom. The predicted molar refractivity (Wildman–Crippen MR) is 122 cm³/mol. The molecule has 5 heteroatoms. The molecule has 0 fully saturated rings. The van der Waals surface area contributed by atoms with Crippen LogP contribution in [0.15, 0.2) is 78.9 Å². The van der Waals surface area contributed by atoms with Crippen molar-refractivity contribution in [2.45, 2.75) is 25.3 Å². The van der Waals surface area contributed by atoms with Gasteiger partial charge in [0, 0.05) is 5.39 Å². The van der Waals surface area contributed by atoms with Crippen molar-refractivity contribution in [3.05, 3.63) is 101 Å². The summed E-state index contributed by atoms with van der Waals surface area (Å²) in [5.74, 6) is 0.364. The van der Waals surface area contributed by atoms with Gasteiger partial charge in [-0.15, -0.1) is 0 Å². The number of nitrogens with zero attached hydrogens (tertiary/aromatic N) is 1. The van der Waals surface area contributed by atoms with Crippen molar-refractivity contribution in [2.75, 3.05) is 10.6 Å². The molecule has 4 nitrogen and oxygen atoms in total. The topological polar surface area (TPSA) is 54.0 Å². The van der Waals surface area contributed by atoms with Gasteiger partial charge in [0.1, 0.15) is 11.6 Å². The van der Waals surface area contributed by atoms with Crippen molar-refractivity contribution in [1.82, 2.24) is 4.98 Å². The second kappa shape index (κ2) is 8.19. The Hall–Kier alpha value is -3.73. The molecule has 5 rings (SSSR count). The number of anilines is 2. The average Bonchev–Trinajstić information content (AvgIpc) is 3.18. The third-order valence-corrected chi connectivity index (χ3v) is 5.74. The van der Waals surface area contributed by atoms with Gasteiger partial charge in [0.2, 0.25) is 5.91 Å². The van der Waals surface area contributed by atoms with E-state index in [-0.39, 0.29) is 24.2 Å². The number of halogens is 1. The smallest absolute Gasteiger partial charge is 0.228 e. The number of amides is 1. The molecule has 1 heterocycles. The van der Waals surface area contributed by atoms with Gasteiger partial charge in [-0.3, -0.25) is 4.79 Å². The van der Waals surface area contributed by atoms with Gasteiger partial charge < -0.3 is 10.6 Å². The van der Waals surface area contributed by atoms with Crippen molar-refractivity contribution >= 4 is 28.3 Å². The van der Waals surface area contributed by atoms with Gasteiger partial charge in [-0.1, -0.05) is 42.5 Å². The minimum absolute atomic E-state index is 0.149. The SMILES string of the molecule is O=C(Cc1ccc(F)cc1)Nc1cccc2nc(NC3CCc4ccccc43)ccc12. The molecule has 1 amide bonds. The number of pyridine rings is 1. The molecule has 31 heavy (non-hydrogen) atoms. The zero-order valence-electron chi connectivity index (χ0n) is 16.9. The molecule has 1 unspecified atom stereocenters. The molecule has 2 N–H and O–H groups in total. The van der Waals surface area contributed by atoms with E-state index in [1.165, 1.54) is 23.3 Å². The van der Waals surface area contributed by atoms with Crippen molar-refractivity contribution < 1.29 is 9.18 Å². The zero-order chi connectivity index (χ0) is 21.2. The maximum atomic E-state index is 13.1. The molecule has 0 spiro atoms. The third kappa shape index (κ3) is 4.12. The minimum Gasteiger partial charge on any atom is -0.363 e. The fourth-order valence-corrected chi connectivity index (χ4v) is 4.21. The largest absolute Gasteiger partial charge is 0.363 e. The summed E-state index contributed by atoms with van der Waals surface area (Å²) in [6.07, 6.45) is 2.31.